The van der Waals surface area contributed by atoms with Gasteiger partial charge in [-0.1, -0.05) is 43.7 Å². The predicted molar refractivity (Wildman–Crippen MR) is 126 cm³/mol. The molecular weight excluding hydrogens is 443 g/mol. The van der Waals surface area contributed by atoms with Crippen LogP contribution in [0.5, 0.6) is 0 Å². The summed E-state index contributed by atoms with van der Waals surface area (Å²) in [5.74, 6) is -0.574. The number of hydrogen-bond acceptors (Lipinski definition) is 4. The van der Waals surface area contributed by atoms with E-state index in [0.29, 0.717) is 39.0 Å². The second-order valence-electron chi connectivity index (χ2n) is 9.23. The Morgan fingerprint density at radius 1 is 1.06 bits per heavy atom. The van der Waals surface area contributed by atoms with Crippen molar-refractivity contribution in [2.75, 3.05) is 19.8 Å². The van der Waals surface area contributed by atoms with Crippen LogP contribution in [0.3, 0.4) is 0 Å². The molecule has 0 aromatic heterocycles. The van der Waals surface area contributed by atoms with E-state index in [4.69, 9.17) is 4.74 Å². The second kappa shape index (κ2) is 10.8. The highest BCUT2D eigenvalue weighted by molar-refractivity contribution is 7.89. The summed E-state index contributed by atoms with van der Waals surface area (Å²) in [7, 11) is -3.85. The first kappa shape index (κ1) is 25.3. The third kappa shape index (κ3) is 6.62. The van der Waals surface area contributed by atoms with Gasteiger partial charge in [-0.2, -0.15) is 4.72 Å². The number of amides is 1. The molecule has 0 aliphatic carbocycles. The van der Waals surface area contributed by atoms with Crippen LogP contribution >= 0.6 is 0 Å². The number of rotatable bonds is 9. The number of aryl methyl sites for hydroxylation is 1. The van der Waals surface area contributed by atoms with Crippen molar-refractivity contribution in [3.63, 3.8) is 0 Å². The Balaban J connectivity index is 1.77. The Morgan fingerprint density at radius 2 is 1.67 bits per heavy atom. The summed E-state index contributed by atoms with van der Waals surface area (Å²) in [5, 5.41) is 2.98. The Labute approximate surface area is 196 Å². The fourth-order valence-electron chi connectivity index (χ4n) is 4.17. The SMILES string of the molecule is Cc1ccc(S(=O)(=O)NC(CC(C)C)C(=O)NCC2(c3ccc(F)cc3)CCOCC2)cc1. The minimum Gasteiger partial charge on any atom is -0.381 e. The molecule has 1 unspecified atom stereocenters. The van der Waals surface area contributed by atoms with Crippen LogP contribution in [0.15, 0.2) is 53.4 Å². The van der Waals surface area contributed by atoms with Crippen molar-refractivity contribution < 1.29 is 22.3 Å². The molecule has 33 heavy (non-hydrogen) atoms. The highest BCUT2D eigenvalue weighted by atomic mass is 32.2. The largest absolute Gasteiger partial charge is 0.381 e. The maximum atomic E-state index is 13.5. The van der Waals surface area contributed by atoms with Crippen molar-refractivity contribution in [2.45, 2.75) is 56.4 Å². The van der Waals surface area contributed by atoms with Crippen LogP contribution in [0, 0.1) is 18.7 Å². The summed E-state index contributed by atoms with van der Waals surface area (Å²) >= 11 is 0. The Morgan fingerprint density at radius 3 is 2.24 bits per heavy atom. The molecule has 0 radical (unpaired) electrons. The third-order valence-electron chi connectivity index (χ3n) is 6.16. The molecule has 1 heterocycles. The summed E-state index contributed by atoms with van der Waals surface area (Å²) in [6.45, 7) is 7.18. The molecule has 1 amide bonds. The summed E-state index contributed by atoms with van der Waals surface area (Å²) in [6, 6.07) is 12.0. The number of ether oxygens (including phenoxy) is 1. The molecule has 1 fully saturated rings. The van der Waals surface area contributed by atoms with Crippen molar-refractivity contribution in [1.82, 2.24) is 10.0 Å². The first-order chi connectivity index (χ1) is 15.6. The van der Waals surface area contributed by atoms with E-state index in [1.54, 1.807) is 24.3 Å². The minimum atomic E-state index is -3.85. The number of benzene rings is 2. The smallest absolute Gasteiger partial charge is 0.241 e. The van der Waals surface area contributed by atoms with E-state index < -0.39 is 16.1 Å². The van der Waals surface area contributed by atoms with Gasteiger partial charge in [0.2, 0.25) is 15.9 Å². The molecule has 8 heteroatoms. The number of nitrogens with one attached hydrogen (secondary N) is 2. The van der Waals surface area contributed by atoms with Crippen molar-refractivity contribution in [1.29, 1.82) is 0 Å². The van der Waals surface area contributed by atoms with Gasteiger partial charge in [0.05, 0.1) is 4.90 Å². The van der Waals surface area contributed by atoms with Crippen molar-refractivity contribution >= 4 is 15.9 Å². The van der Waals surface area contributed by atoms with Gasteiger partial charge in [0.25, 0.3) is 0 Å². The van der Waals surface area contributed by atoms with Gasteiger partial charge in [-0.05, 0) is 61.9 Å². The fraction of sp³-hybridized carbons (Fsp3) is 0.480. The molecule has 6 nitrogen and oxygen atoms in total. The van der Waals surface area contributed by atoms with Gasteiger partial charge in [-0.15, -0.1) is 0 Å². The molecule has 1 aliphatic rings. The first-order valence-electron chi connectivity index (χ1n) is 11.3. The maximum Gasteiger partial charge on any atom is 0.241 e. The lowest BCUT2D eigenvalue weighted by atomic mass is 9.74. The van der Waals surface area contributed by atoms with E-state index in [0.717, 1.165) is 11.1 Å². The number of sulfonamides is 1. The minimum absolute atomic E-state index is 0.107. The average molecular weight is 477 g/mol. The Kier molecular flexibility index (Phi) is 8.26. The summed E-state index contributed by atoms with van der Waals surface area (Å²) in [4.78, 5) is 13.3. The predicted octanol–water partition coefficient (Wildman–Crippen LogP) is 3.69. The van der Waals surface area contributed by atoms with E-state index >= 15 is 0 Å². The lowest BCUT2D eigenvalue weighted by Gasteiger charge is -2.38. The van der Waals surface area contributed by atoms with Crippen LogP contribution < -0.4 is 10.0 Å². The van der Waals surface area contributed by atoms with Crippen LogP contribution in [0.4, 0.5) is 4.39 Å². The molecule has 0 bridgehead atoms. The van der Waals surface area contributed by atoms with Gasteiger partial charge in [0, 0.05) is 25.2 Å². The molecule has 1 atom stereocenters. The standard InChI is InChI=1S/C25H33FN2O4S/c1-18(2)16-23(28-33(30,31)22-10-4-19(3)5-11-22)24(29)27-17-25(12-14-32-15-13-25)20-6-8-21(26)9-7-20/h4-11,18,23,28H,12-17H2,1-3H3,(H,27,29). The Hall–Kier alpha value is -2.29. The average Bonchev–Trinajstić information content (AvgIpc) is 2.78. The molecule has 1 saturated heterocycles. The van der Waals surface area contributed by atoms with Crippen LogP contribution in [-0.4, -0.2) is 40.1 Å². The van der Waals surface area contributed by atoms with Gasteiger partial charge in [-0.25, -0.2) is 12.8 Å². The maximum absolute atomic E-state index is 13.5. The molecular formula is C25H33FN2O4S. The van der Waals surface area contributed by atoms with Gasteiger partial charge < -0.3 is 10.1 Å². The van der Waals surface area contributed by atoms with Crippen LogP contribution in [0.25, 0.3) is 0 Å². The van der Waals surface area contributed by atoms with Crippen LogP contribution in [-0.2, 0) is 25.0 Å². The lowest BCUT2D eigenvalue weighted by molar-refractivity contribution is -0.123. The van der Waals surface area contributed by atoms with Crippen molar-refractivity contribution in [2.24, 2.45) is 5.92 Å². The Bertz CT molecular complexity index is 1030. The molecule has 180 valence electrons. The number of hydrogen-bond donors (Lipinski definition) is 2. The summed E-state index contributed by atoms with van der Waals surface area (Å²) < 4.78 is 47.4. The third-order valence-corrected chi connectivity index (χ3v) is 7.65. The van der Waals surface area contributed by atoms with Gasteiger partial charge in [0.15, 0.2) is 0 Å². The van der Waals surface area contributed by atoms with E-state index in [-0.39, 0.29) is 28.0 Å². The quantitative estimate of drug-likeness (QED) is 0.578. The topological polar surface area (TPSA) is 84.5 Å². The molecule has 3 rings (SSSR count). The van der Waals surface area contributed by atoms with Gasteiger partial charge >= 0.3 is 0 Å². The molecule has 0 spiro atoms. The van der Waals surface area contributed by atoms with E-state index in [9.17, 15) is 17.6 Å². The van der Waals surface area contributed by atoms with Gasteiger partial charge in [-0.3, -0.25) is 4.79 Å². The molecule has 2 N–H and O–H groups in total. The highest BCUT2D eigenvalue weighted by Crippen LogP contribution is 2.34. The zero-order valence-electron chi connectivity index (χ0n) is 19.4. The number of carbonyl (C=O) groups excluding carboxylic acids is 1. The van der Waals surface area contributed by atoms with Crippen molar-refractivity contribution in [3.8, 4) is 0 Å². The van der Waals surface area contributed by atoms with E-state index in [1.807, 2.05) is 20.8 Å². The zero-order chi connectivity index (χ0) is 24.1. The molecule has 2 aromatic carbocycles. The van der Waals surface area contributed by atoms with E-state index in [2.05, 4.69) is 10.0 Å². The lowest BCUT2D eigenvalue weighted by Crippen LogP contribution is -2.51. The summed E-state index contributed by atoms with van der Waals surface area (Å²) in [5.41, 5.74) is 1.50. The monoisotopic (exact) mass is 476 g/mol. The molecule has 0 saturated carbocycles. The first-order valence-corrected chi connectivity index (χ1v) is 12.8. The molecule has 2 aromatic rings. The highest BCUT2D eigenvalue weighted by Gasteiger charge is 2.36. The number of halogens is 1. The normalized spacial score (nSPS) is 17.0. The van der Waals surface area contributed by atoms with Crippen LogP contribution in [0.2, 0.25) is 0 Å². The molecule has 1 aliphatic heterocycles. The van der Waals surface area contributed by atoms with Crippen LogP contribution in [0.1, 0.15) is 44.2 Å². The van der Waals surface area contributed by atoms with Gasteiger partial charge in [0.1, 0.15) is 11.9 Å². The van der Waals surface area contributed by atoms with Crippen molar-refractivity contribution in [3.05, 3.63) is 65.5 Å². The zero-order valence-corrected chi connectivity index (χ0v) is 20.3. The van der Waals surface area contributed by atoms with E-state index in [1.165, 1.54) is 24.3 Å². The number of carbonyl (C=O) groups is 1. The second-order valence-corrected chi connectivity index (χ2v) is 10.9. The summed E-state index contributed by atoms with van der Waals surface area (Å²) in [6.07, 6.45) is 1.73. The fourth-order valence-corrected chi connectivity index (χ4v) is 5.37.